The molecule has 0 aromatic heterocycles. The molecule has 0 amide bonds. The lowest BCUT2D eigenvalue weighted by Crippen LogP contribution is -2.44. The molecular weight excluding hydrogens is 206 g/mol. The van der Waals surface area contributed by atoms with Gasteiger partial charge in [0.1, 0.15) is 0 Å². The summed E-state index contributed by atoms with van der Waals surface area (Å²) in [7, 11) is 0. The van der Waals surface area contributed by atoms with Crippen LogP contribution in [0.4, 0.5) is 0 Å². The SMILES string of the molecule is CCCCOCCC(CN)(C(=O)O)C(C)C. The third kappa shape index (κ3) is 4.10. The molecule has 3 N–H and O–H groups in total. The van der Waals surface area contributed by atoms with Crippen LogP contribution in [-0.2, 0) is 9.53 Å². The molecule has 96 valence electrons. The standard InChI is InChI=1S/C12H25NO3/c1-4-5-7-16-8-6-12(9-13,10(2)3)11(14)15/h10H,4-9,13H2,1-3H3,(H,14,15). The molecule has 1 atom stereocenters. The van der Waals surface area contributed by atoms with Gasteiger partial charge in [0.05, 0.1) is 5.41 Å². The Morgan fingerprint density at radius 1 is 1.44 bits per heavy atom. The second-order valence-corrected chi connectivity index (χ2v) is 4.54. The summed E-state index contributed by atoms with van der Waals surface area (Å²) in [5.41, 5.74) is 4.77. The second-order valence-electron chi connectivity index (χ2n) is 4.54. The van der Waals surface area contributed by atoms with Crippen molar-refractivity contribution in [1.82, 2.24) is 0 Å². The van der Waals surface area contributed by atoms with Crippen molar-refractivity contribution in [3.05, 3.63) is 0 Å². The van der Waals surface area contributed by atoms with E-state index in [1.165, 1.54) is 0 Å². The highest BCUT2D eigenvalue weighted by Crippen LogP contribution is 2.30. The first-order valence-corrected chi connectivity index (χ1v) is 6.02. The van der Waals surface area contributed by atoms with Gasteiger partial charge in [0.15, 0.2) is 0 Å². The number of rotatable bonds is 9. The van der Waals surface area contributed by atoms with E-state index in [1.54, 1.807) is 0 Å². The van der Waals surface area contributed by atoms with Gasteiger partial charge in [0, 0.05) is 19.8 Å². The lowest BCUT2D eigenvalue weighted by molar-refractivity contribution is -0.152. The number of carbonyl (C=O) groups is 1. The van der Waals surface area contributed by atoms with E-state index in [-0.39, 0.29) is 12.5 Å². The molecule has 0 aliphatic heterocycles. The summed E-state index contributed by atoms with van der Waals surface area (Å²) < 4.78 is 5.41. The predicted octanol–water partition coefficient (Wildman–Crippen LogP) is 1.88. The number of hydrogen-bond acceptors (Lipinski definition) is 3. The summed E-state index contributed by atoms with van der Waals surface area (Å²) in [6, 6.07) is 0. The first kappa shape index (κ1) is 15.4. The van der Waals surface area contributed by atoms with Gasteiger partial charge < -0.3 is 15.6 Å². The molecule has 16 heavy (non-hydrogen) atoms. The summed E-state index contributed by atoms with van der Waals surface area (Å²) in [5, 5.41) is 9.26. The van der Waals surface area contributed by atoms with Crippen LogP contribution >= 0.6 is 0 Å². The highest BCUT2D eigenvalue weighted by molar-refractivity contribution is 5.75. The van der Waals surface area contributed by atoms with Crippen molar-refractivity contribution < 1.29 is 14.6 Å². The molecule has 0 spiro atoms. The van der Waals surface area contributed by atoms with Crippen LogP contribution < -0.4 is 5.73 Å². The molecular formula is C12H25NO3. The number of carboxylic acids is 1. The van der Waals surface area contributed by atoms with Crippen LogP contribution in [0.15, 0.2) is 0 Å². The Morgan fingerprint density at radius 3 is 2.44 bits per heavy atom. The number of carboxylic acid groups (broad SMARTS) is 1. The van der Waals surface area contributed by atoms with Crippen LogP contribution in [-0.4, -0.2) is 30.8 Å². The molecule has 0 saturated heterocycles. The Bertz CT molecular complexity index is 206. The van der Waals surface area contributed by atoms with Gasteiger partial charge in [0.2, 0.25) is 0 Å². The maximum absolute atomic E-state index is 11.3. The van der Waals surface area contributed by atoms with E-state index in [2.05, 4.69) is 6.92 Å². The van der Waals surface area contributed by atoms with Crippen molar-refractivity contribution in [1.29, 1.82) is 0 Å². The summed E-state index contributed by atoms with van der Waals surface area (Å²) in [5.74, 6) is -0.797. The molecule has 0 aliphatic carbocycles. The van der Waals surface area contributed by atoms with Gasteiger partial charge in [-0.3, -0.25) is 4.79 Å². The zero-order chi connectivity index (χ0) is 12.6. The van der Waals surface area contributed by atoms with Crippen LogP contribution in [0.3, 0.4) is 0 Å². The molecule has 0 aromatic carbocycles. The van der Waals surface area contributed by atoms with Gasteiger partial charge >= 0.3 is 5.97 Å². The molecule has 0 heterocycles. The van der Waals surface area contributed by atoms with Crippen LogP contribution in [0.5, 0.6) is 0 Å². The van der Waals surface area contributed by atoms with Crippen molar-refractivity contribution in [2.45, 2.75) is 40.0 Å². The third-order valence-electron chi connectivity index (χ3n) is 3.23. The topological polar surface area (TPSA) is 72.5 Å². The Kier molecular flexibility index (Phi) is 7.34. The smallest absolute Gasteiger partial charge is 0.311 e. The third-order valence-corrected chi connectivity index (χ3v) is 3.23. The van der Waals surface area contributed by atoms with Crippen molar-refractivity contribution in [2.75, 3.05) is 19.8 Å². The largest absolute Gasteiger partial charge is 0.481 e. The molecule has 0 aliphatic rings. The van der Waals surface area contributed by atoms with Crippen LogP contribution in [0.1, 0.15) is 40.0 Å². The number of unbranched alkanes of at least 4 members (excludes halogenated alkanes) is 1. The number of nitrogens with two attached hydrogens (primary N) is 1. The Labute approximate surface area is 98.2 Å². The van der Waals surface area contributed by atoms with E-state index in [1.807, 2.05) is 13.8 Å². The zero-order valence-corrected chi connectivity index (χ0v) is 10.7. The first-order chi connectivity index (χ1) is 7.51. The summed E-state index contributed by atoms with van der Waals surface area (Å²) >= 11 is 0. The summed E-state index contributed by atoms with van der Waals surface area (Å²) in [6.07, 6.45) is 2.59. The van der Waals surface area contributed by atoms with Crippen LogP contribution in [0.25, 0.3) is 0 Å². The fourth-order valence-corrected chi connectivity index (χ4v) is 1.67. The number of hydrogen-bond donors (Lipinski definition) is 2. The molecule has 0 fully saturated rings. The van der Waals surface area contributed by atoms with Gasteiger partial charge in [-0.05, 0) is 18.8 Å². The molecule has 0 aromatic rings. The van der Waals surface area contributed by atoms with Gasteiger partial charge in [-0.1, -0.05) is 27.2 Å². The lowest BCUT2D eigenvalue weighted by atomic mass is 9.75. The molecule has 0 saturated carbocycles. The fourth-order valence-electron chi connectivity index (χ4n) is 1.67. The molecule has 0 radical (unpaired) electrons. The molecule has 1 unspecified atom stereocenters. The predicted molar refractivity (Wildman–Crippen MR) is 64.3 cm³/mol. The Balaban J connectivity index is 4.17. The Hall–Kier alpha value is -0.610. The van der Waals surface area contributed by atoms with Gasteiger partial charge in [0.25, 0.3) is 0 Å². The minimum atomic E-state index is -0.841. The average Bonchev–Trinajstić information content (AvgIpc) is 2.22. The maximum Gasteiger partial charge on any atom is 0.311 e. The van der Waals surface area contributed by atoms with Crippen LogP contribution in [0, 0.1) is 11.3 Å². The fraction of sp³-hybridized carbons (Fsp3) is 0.917. The maximum atomic E-state index is 11.3. The molecule has 4 nitrogen and oxygen atoms in total. The van der Waals surface area contributed by atoms with Crippen LogP contribution in [0.2, 0.25) is 0 Å². The van der Waals surface area contributed by atoms with E-state index in [0.717, 1.165) is 12.8 Å². The van der Waals surface area contributed by atoms with E-state index < -0.39 is 11.4 Å². The monoisotopic (exact) mass is 231 g/mol. The first-order valence-electron chi connectivity index (χ1n) is 6.02. The van der Waals surface area contributed by atoms with E-state index in [0.29, 0.717) is 19.6 Å². The van der Waals surface area contributed by atoms with E-state index >= 15 is 0 Å². The van der Waals surface area contributed by atoms with E-state index in [9.17, 15) is 9.90 Å². The highest BCUT2D eigenvalue weighted by Gasteiger charge is 2.39. The van der Waals surface area contributed by atoms with Crippen molar-refractivity contribution in [3.63, 3.8) is 0 Å². The van der Waals surface area contributed by atoms with Crippen molar-refractivity contribution >= 4 is 5.97 Å². The highest BCUT2D eigenvalue weighted by atomic mass is 16.5. The normalized spacial score (nSPS) is 15.1. The summed E-state index contributed by atoms with van der Waals surface area (Å²) in [4.78, 5) is 11.3. The minimum absolute atomic E-state index is 0.0183. The molecule has 0 bridgehead atoms. The average molecular weight is 231 g/mol. The quantitative estimate of drug-likeness (QED) is 0.594. The van der Waals surface area contributed by atoms with Crippen molar-refractivity contribution in [3.8, 4) is 0 Å². The number of ether oxygens (including phenoxy) is 1. The lowest BCUT2D eigenvalue weighted by Gasteiger charge is -2.31. The van der Waals surface area contributed by atoms with Gasteiger partial charge in [-0.15, -0.1) is 0 Å². The van der Waals surface area contributed by atoms with Gasteiger partial charge in [-0.2, -0.15) is 0 Å². The molecule has 4 heteroatoms. The van der Waals surface area contributed by atoms with E-state index in [4.69, 9.17) is 10.5 Å². The second kappa shape index (κ2) is 7.63. The summed E-state index contributed by atoms with van der Waals surface area (Å²) in [6.45, 7) is 7.23. The number of aliphatic carboxylic acids is 1. The van der Waals surface area contributed by atoms with Crippen molar-refractivity contribution in [2.24, 2.45) is 17.1 Å². The minimum Gasteiger partial charge on any atom is -0.481 e. The van der Waals surface area contributed by atoms with Gasteiger partial charge in [-0.25, -0.2) is 0 Å². The Morgan fingerprint density at radius 2 is 2.06 bits per heavy atom. The zero-order valence-electron chi connectivity index (χ0n) is 10.7. The molecule has 0 rings (SSSR count).